The first-order chi connectivity index (χ1) is 12.6. The SMILES string of the molecule is COc1ccc2cc([C@H](C)C(=O)c3oc4ccccc4c3I)ccc2c1. The van der Waals surface area contributed by atoms with Crippen LogP contribution in [0.5, 0.6) is 5.75 Å². The summed E-state index contributed by atoms with van der Waals surface area (Å²) >= 11 is 2.20. The molecule has 0 unspecified atom stereocenters. The van der Waals surface area contributed by atoms with Crippen molar-refractivity contribution >= 4 is 50.1 Å². The average molecular weight is 456 g/mol. The standard InChI is InChI=1S/C22H17IO3/c1-13(14-7-8-16-12-17(25-2)10-9-15(16)11-14)21(24)22-20(23)18-5-3-4-6-19(18)26-22/h3-13H,1-2H3/t13-/m0/s1. The van der Waals surface area contributed by atoms with Crippen molar-refractivity contribution in [2.24, 2.45) is 0 Å². The van der Waals surface area contributed by atoms with Gasteiger partial charge in [-0.1, -0.05) is 49.4 Å². The lowest BCUT2D eigenvalue weighted by Crippen LogP contribution is -2.10. The van der Waals surface area contributed by atoms with E-state index in [1.807, 2.05) is 61.5 Å². The van der Waals surface area contributed by atoms with Crippen LogP contribution in [0.25, 0.3) is 21.7 Å². The first kappa shape index (κ1) is 17.1. The van der Waals surface area contributed by atoms with Crippen molar-refractivity contribution in [1.82, 2.24) is 0 Å². The Balaban J connectivity index is 1.71. The lowest BCUT2D eigenvalue weighted by atomic mass is 9.93. The Morgan fingerprint density at radius 3 is 2.54 bits per heavy atom. The summed E-state index contributed by atoms with van der Waals surface area (Å²) in [5.41, 5.74) is 1.72. The molecule has 1 aromatic heterocycles. The van der Waals surface area contributed by atoms with Gasteiger partial charge >= 0.3 is 0 Å². The molecule has 0 amide bonds. The van der Waals surface area contributed by atoms with Gasteiger partial charge in [0, 0.05) is 11.3 Å². The molecule has 0 N–H and O–H groups in total. The van der Waals surface area contributed by atoms with E-state index >= 15 is 0 Å². The summed E-state index contributed by atoms with van der Waals surface area (Å²) in [5.74, 6) is 0.981. The minimum Gasteiger partial charge on any atom is -0.497 e. The topological polar surface area (TPSA) is 39.4 Å². The zero-order valence-electron chi connectivity index (χ0n) is 14.5. The maximum atomic E-state index is 13.1. The fourth-order valence-corrected chi connectivity index (χ4v) is 3.98. The molecule has 3 nitrogen and oxygen atoms in total. The van der Waals surface area contributed by atoms with E-state index in [1.165, 1.54) is 0 Å². The zero-order valence-corrected chi connectivity index (χ0v) is 16.6. The van der Waals surface area contributed by atoms with Crippen LogP contribution in [0.15, 0.2) is 65.1 Å². The van der Waals surface area contributed by atoms with Gasteiger partial charge < -0.3 is 9.15 Å². The van der Waals surface area contributed by atoms with E-state index in [0.29, 0.717) is 5.76 Å². The highest BCUT2D eigenvalue weighted by atomic mass is 127. The molecule has 4 heteroatoms. The minimum atomic E-state index is -0.282. The average Bonchev–Trinajstić information content (AvgIpc) is 3.03. The smallest absolute Gasteiger partial charge is 0.206 e. The molecule has 3 aromatic carbocycles. The predicted molar refractivity (Wildman–Crippen MR) is 112 cm³/mol. The number of ether oxygens (including phenoxy) is 1. The summed E-state index contributed by atoms with van der Waals surface area (Å²) in [5, 5.41) is 3.16. The summed E-state index contributed by atoms with van der Waals surface area (Å²) in [6.45, 7) is 1.93. The first-order valence-electron chi connectivity index (χ1n) is 8.37. The van der Waals surface area contributed by atoms with Gasteiger partial charge in [0.15, 0.2) is 5.76 Å². The number of halogens is 1. The van der Waals surface area contributed by atoms with E-state index in [4.69, 9.17) is 9.15 Å². The number of ketones is 1. The van der Waals surface area contributed by atoms with Crippen molar-refractivity contribution in [2.75, 3.05) is 7.11 Å². The molecule has 130 valence electrons. The van der Waals surface area contributed by atoms with Gasteiger partial charge in [-0.25, -0.2) is 0 Å². The Hall–Kier alpha value is -2.34. The van der Waals surface area contributed by atoms with Crippen molar-refractivity contribution < 1.29 is 13.9 Å². The maximum absolute atomic E-state index is 13.1. The van der Waals surface area contributed by atoms with Crippen molar-refractivity contribution in [2.45, 2.75) is 12.8 Å². The fraction of sp³-hybridized carbons (Fsp3) is 0.136. The second-order valence-electron chi connectivity index (χ2n) is 6.30. The van der Waals surface area contributed by atoms with Gasteiger partial charge in [-0.2, -0.15) is 0 Å². The monoisotopic (exact) mass is 456 g/mol. The van der Waals surface area contributed by atoms with E-state index in [-0.39, 0.29) is 11.7 Å². The molecule has 0 saturated heterocycles. The van der Waals surface area contributed by atoms with Crippen LogP contribution in [-0.4, -0.2) is 12.9 Å². The summed E-state index contributed by atoms with van der Waals surface area (Å²) in [6.07, 6.45) is 0. The van der Waals surface area contributed by atoms with Crippen LogP contribution in [0.2, 0.25) is 0 Å². The van der Waals surface area contributed by atoms with Gasteiger partial charge in [-0.15, -0.1) is 0 Å². The molecule has 0 spiro atoms. The number of para-hydroxylation sites is 1. The second kappa shape index (κ2) is 6.76. The molecule has 0 fully saturated rings. The quantitative estimate of drug-likeness (QED) is 0.272. The third-order valence-corrected chi connectivity index (χ3v) is 5.79. The Morgan fingerprint density at radius 1 is 1.04 bits per heavy atom. The predicted octanol–water partition coefficient (Wildman–Crippen LogP) is 6.19. The van der Waals surface area contributed by atoms with Crippen LogP contribution in [-0.2, 0) is 0 Å². The van der Waals surface area contributed by atoms with E-state index < -0.39 is 0 Å². The lowest BCUT2D eigenvalue weighted by Gasteiger charge is -2.11. The number of hydrogen-bond donors (Lipinski definition) is 0. The normalized spacial score (nSPS) is 12.4. The Kier molecular flexibility index (Phi) is 4.44. The van der Waals surface area contributed by atoms with Crippen LogP contribution < -0.4 is 4.74 Å². The van der Waals surface area contributed by atoms with Crippen molar-refractivity contribution in [1.29, 1.82) is 0 Å². The maximum Gasteiger partial charge on any atom is 0.206 e. The van der Waals surface area contributed by atoms with Crippen molar-refractivity contribution in [3.63, 3.8) is 0 Å². The minimum absolute atomic E-state index is 0.00142. The van der Waals surface area contributed by atoms with Crippen LogP contribution in [0.1, 0.15) is 29.0 Å². The van der Waals surface area contributed by atoms with E-state index in [0.717, 1.165) is 36.6 Å². The molecule has 0 saturated carbocycles. The summed E-state index contributed by atoms with van der Waals surface area (Å²) < 4.78 is 12.0. The highest BCUT2D eigenvalue weighted by Crippen LogP contribution is 2.32. The molecule has 1 heterocycles. The molecule has 0 aliphatic heterocycles. The lowest BCUT2D eigenvalue weighted by molar-refractivity contribution is 0.0940. The third kappa shape index (κ3) is 2.88. The van der Waals surface area contributed by atoms with Crippen molar-refractivity contribution in [3.8, 4) is 5.75 Å². The molecule has 0 aliphatic carbocycles. The summed E-state index contributed by atoms with van der Waals surface area (Å²) in [4.78, 5) is 13.1. The van der Waals surface area contributed by atoms with Crippen molar-refractivity contribution in [3.05, 3.63) is 75.6 Å². The highest BCUT2D eigenvalue weighted by molar-refractivity contribution is 14.1. The molecule has 0 bridgehead atoms. The third-order valence-electron chi connectivity index (χ3n) is 4.72. The van der Waals surface area contributed by atoms with E-state index in [9.17, 15) is 4.79 Å². The van der Waals surface area contributed by atoms with E-state index in [2.05, 4.69) is 28.7 Å². The van der Waals surface area contributed by atoms with E-state index in [1.54, 1.807) is 7.11 Å². The molecular weight excluding hydrogens is 439 g/mol. The largest absolute Gasteiger partial charge is 0.497 e. The van der Waals surface area contributed by atoms with Gasteiger partial charge in [-0.05, 0) is 57.1 Å². The number of carbonyl (C=O) groups excluding carboxylic acids is 1. The van der Waals surface area contributed by atoms with Crippen LogP contribution in [0, 0.1) is 3.57 Å². The Morgan fingerprint density at radius 2 is 1.77 bits per heavy atom. The number of benzene rings is 3. The van der Waals surface area contributed by atoms with Crippen LogP contribution >= 0.6 is 22.6 Å². The highest BCUT2D eigenvalue weighted by Gasteiger charge is 2.24. The fourth-order valence-electron chi connectivity index (χ4n) is 3.16. The number of hydrogen-bond acceptors (Lipinski definition) is 3. The molecule has 1 atom stereocenters. The van der Waals surface area contributed by atoms with Gasteiger partial charge in [0.05, 0.1) is 10.7 Å². The summed E-state index contributed by atoms with van der Waals surface area (Å²) in [7, 11) is 1.66. The molecule has 0 radical (unpaired) electrons. The molecule has 0 aliphatic rings. The van der Waals surface area contributed by atoms with Gasteiger partial charge in [0.1, 0.15) is 11.3 Å². The molecule has 4 aromatic rings. The molecular formula is C22H17IO3. The van der Waals surface area contributed by atoms with Gasteiger partial charge in [0.2, 0.25) is 5.78 Å². The number of carbonyl (C=O) groups is 1. The van der Waals surface area contributed by atoms with Crippen LogP contribution in [0.3, 0.4) is 0 Å². The molecule has 26 heavy (non-hydrogen) atoms. The number of furan rings is 1. The number of fused-ring (bicyclic) bond motifs is 2. The number of rotatable bonds is 4. The second-order valence-corrected chi connectivity index (χ2v) is 7.38. The number of methoxy groups -OCH3 is 1. The zero-order chi connectivity index (χ0) is 18.3. The molecule has 4 rings (SSSR count). The summed E-state index contributed by atoms with van der Waals surface area (Å²) in [6, 6.07) is 19.8. The number of Topliss-reactive ketones (excluding diaryl/α,β-unsaturated/α-hetero) is 1. The Bertz CT molecular complexity index is 1130. The first-order valence-corrected chi connectivity index (χ1v) is 9.45. The van der Waals surface area contributed by atoms with Gasteiger partial charge in [0.25, 0.3) is 0 Å². The van der Waals surface area contributed by atoms with Crippen LogP contribution in [0.4, 0.5) is 0 Å². The Labute approximate surface area is 165 Å². The van der Waals surface area contributed by atoms with Gasteiger partial charge in [-0.3, -0.25) is 4.79 Å².